The maximum Gasteiger partial charge on any atom is 0.430 e. The third kappa shape index (κ3) is 2.94. The first-order valence-corrected chi connectivity index (χ1v) is 10.9. The highest BCUT2D eigenvalue weighted by atomic mass is 19.4. The highest BCUT2D eigenvalue weighted by Crippen LogP contribution is 2.54. The number of rotatable bonds is 1. The van der Waals surface area contributed by atoms with Gasteiger partial charge in [0.25, 0.3) is 11.5 Å². The van der Waals surface area contributed by atoms with Crippen LogP contribution in [-0.4, -0.2) is 44.5 Å². The lowest BCUT2D eigenvalue weighted by Crippen LogP contribution is -2.59. The molecule has 1 N–H and O–H groups in total. The number of amides is 1. The van der Waals surface area contributed by atoms with Gasteiger partial charge in [0, 0.05) is 16.7 Å². The van der Waals surface area contributed by atoms with E-state index in [1.54, 1.807) is 38.1 Å². The van der Waals surface area contributed by atoms with Gasteiger partial charge in [-0.05, 0) is 51.7 Å². The van der Waals surface area contributed by atoms with Crippen molar-refractivity contribution in [3.8, 4) is 0 Å². The second-order valence-corrected chi connectivity index (χ2v) is 10.3. The average Bonchev–Trinajstić information content (AvgIpc) is 2.96. The van der Waals surface area contributed by atoms with Gasteiger partial charge in [-0.15, -0.1) is 0 Å². The summed E-state index contributed by atoms with van der Waals surface area (Å²) in [6.45, 7) is 7.13. The first-order valence-electron chi connectivity index (χ1n) is 10.9. The molecule has 0 spiro atoms. The van der Waals surface area contributed by atoms with Crippen molar-refractivity contribution in [2.75, 3.05) is 0 Å². The highest BCUT2D eigenvalue weighted by Gasteiger charge is 2.71. The van der Waals surface area contributed by atoms with Crippen LogP contribution < -0.4 is 0 Å². The van der Waals surface area contributed by atoms with Crippen LogP contribution in [0.1, 0.15) is 49.9 Å². The van der Waals surface area contributed by atoms with Gasteiger partial charge in [0.1, 0.15) is 0 Å². The molecule has 0 bridgehead atoms. The maximum atomic E-state index is 14.6. The molecule has 33 heavy (non-hydrogen) atoms. The zero-order valence-electron chi connectivity index (χ0n) is 18.9. The normalized spacial score (nSPS) is 25.4. The second kappa shape index (κ2) is 6.56. The number of fused-ring (bicyclic) bond motifs is 4. The summed E-state index contributed by atoms with van der Waals surface area (Å²) in [7, 11) is 0. The monoisotopic (exact) mass is 454 g/mol. The SMILES string of the molecule is CC1(C)Cc2ccccc2C(C2=C3c4ccccc4CC(C)(C)N3C(=O)C2(O)C(F)(F)F)=N1. The Morgan fingerprint density at radius 3 is 2.06 bits per heavy atom. The summed E-state index contributed by atoms with van der Waals surface area (Å²) in [5, 5.41) is 11.3. The predicted octanol–water partition coefficient (Wildman–Crippen LogP) is 4.69. The molecule has 3 aliphatic heterocycles. The van der Waals surface area contributed by atoms with E-state index in [1.165, 1.54) is 0 Å². The summed E-state index contributed by atoms with van der Waals surface area (Å²) in [4.78, 5) is 19.4. The molecule has 7 heteroatoms. The molecule has 3 aliphatic rings. The van der Waals surface area contributed by atoms with Gasteiger partial charge >= 0.3 is 6.18 Å². The lowest BCUT2D eigenvalue weighted by Gasteiger charge is -2.43. The van der Waals surface area contributed by atoms with Gasteiger partial charge < -0.3 is 10.0 Å². The number of carbonyl (C=O) groups is 1. The quantitative estimate of drug-likeness (QED) is 0.680. The lowest BCUT2D eigenvalue weighted by atomic mass is 9.78. The molecule has 3 heterocycles. The van der Waals surface area contributed by atoms with Gasteiger partial charge in [-0.1, -0.05) is 48.5 Å². The van der Waals surface area contributed by atoms with Crippen LogP contribution >= 0.6 is 0 Å². The molecule has 172 valence electrons. The second-order valence-electron chi connectivity index (χ2n) is 10.3. The molecule has 0 aromatic heterocycles. The molecule has 0 fully saturated rings. The van der Waals surface area contributed by atoms with Crippen LogP contribution in [-0.2, 0) is 17.6 Å². The van der Waals surface area contributed by atoms with Crippen molar-refractivity contribution in [1.82, 2.24) is 4.90 Å². The summed E-state index contributed by atoms with van der Waals surface area (Å²) >= 11 is 0. The molecule has 2 aromatic rings. The number of aliphatic imine (C=N–C) groups is 1. The molecule has 1 amide bonds. The summed E-state index contributed by atoms with van der Waals surface area (Å²) < 4.78 is 43.9. The molecule has 0 radical (unpaired) electrons. The first kappa shape index (κ1) is 21.9. The minimum atomic E-state index is -5.23. The van der Waals surface area contributed by atoms with Crippen molar-refractivity contribution in [2.24, 2.45) is 4.99 Å². The molecule has 0 aliphatic carbocycles. The van der Waals surface area contributed by atoms with Gasteiger partial charge in [0.15, 0.2) is 0 Å². The van der Waals surface area contributed by atoms with E-state index >= 15 is 0 Å². The molecule has 0 saturated carbocycles. The number of alkyl halides is 3. The highest BCUT2D eigenvalue weighted by molar-refractivity contribution is 6.26. The number of aliphatic hydroxyl groups is 1. The van der Waals surface area contributed by atoms with E-state index in [2.05, 4.69) is 0 Å². The third-order valence-electron chi connectivity index (χ3n) is 6.79. The van der Waals surface area contributed by atoms with E-state index in [0.29, 0.717) is 24.0 Å². The van der Waals surface area contributed by atoms with E-state index in [9.17, 15) is 23.1 Å². The summed E-state index contributed by atoms with van der Waals surface area (Å²) in [5.41, 5.74) is -3.03. The van der Waals surface area contributed by atoms with E-state index in [4.69, 9.17) is 4.99 Å². The van der Waals surface area contributed by atoms with Crippen LogP contribution in [0.5, 0.6) is 0 Å². The standard InChI is InChI=1S/C26H25F3N2O2/c1-23(2)13-15-9-5-7-11-17(15)20(30-23)19-21-18-12-8-6-10-16(18)14-24(3,4)31(21)22(32)25(19,33)26(27,28)29/h5-12,33H,13-14H2,1-4H3. The van der Waals surface area contributed by atoms with Gasteiger partial charge in [-0.25, -0.2) is 0 Å². The Kier molecular flexibility index (Phi) is 4.35. The van der Waals surface area contributed by atoms with Crippen molar-refractivity contribution in [3.63, 3.8) is 0 Å². The smallest absolute Gasteiger partial charge is 0.368 e. The fraction of sp³-hybridized carbons (Fsp3) is 0.385. The predicted molar refractivity (Wildman–Crippen MR) is 120 cm³/mol. The summed E-state index contributed by atoms with van der Waals surface area (Å²) in [5.74, 6) is -1.37. The van der Waals surface area contributed by atoms with Gasteiger partial charge in [0.05, 0.1) is 22.5 Å². The van der Waals surface area contributed by atoms with Crippen LogP contribution in [0.15, 0.2) is 59.1 Å². The minimum Gasteiger partial charge on any atom is -0.368 e. The molecular weight excluding hydrogens is 429 g/mol. The van der Waals surface area contributed by atoms with Gasteiger partial charge in [0.2, 0.25) is 0 Å². The minimum absolute atomic E-state index is 0.0278. The number of carbonyl (C=O) groups excluding carboxylic acids is 1. The van der Waals surface area contributed by atoms with Crippen molar-refractivity contribution < 1.29 is 23.1 Å². The van der Waals surface area contributed by atoms with Crippen molar-refractivity contribution in [1.29, 1.82) is 0 Å². The van der Waals surface area contributed by atoms with Crippen molar-refractivity contribution >= 4 is 17.3 Å². The average molecular weight is 454 g/mol. The Labute approximate surface area is 190 Å². The Morgan fingerprint density at radius 2 is 1.45 bits per heavy atom. The maximum absolute atomic E-state index is 14.6. The molecular formula is C26H25F3N2O2. The lowest BCUT2D eigenvalue weighted by molar-refractivity contribution is -0.238. The fourth-order valence-electron chi connectivity index (χ4n) is 5.45. The third-order valence-corrected chi connectivity index (χ3v) is 6.79. The number of nitrogens with zero attached hydrogens (tertiary/aromatic N) is 2. The molecule has 2 aromatic carbocycles. The van der Waals surface area contributed by atoms with E-state index in [0.717, 1.165) is 16.0 Å². The van der Waals surface area contributed by atoms with Crippen LogP contribution in [0.2, 0.25) is 0 Å². The Balaban J connectivity index is 1.94. The Morgan fingerprint density at radius 1 is 0.909 bits per heavy atom. The summed E-state index contributed by atoms with van der Waals surface area (Å²) in [6, 6.07) is 14.3. The van der Waals surface area contributed by atoms with Crippen molar-refractivity contribution in [2.45, 2.75) is 63.4 Å². The van der Waals surface area contributed by atoms with E-state index in [1.807, 2.05) is 38.1 Å². The van der Waals surface area contributed by atoms with Crippen LogP contribution in [0.3, 0.4) is 0 Å². The Hall–Kier alpha value is -2.93. The Bertz CT molecular complexity index is 1260. The summed E-state index contributed by atoms with van der Waals surface area (Å²) in [6.07, 6.45) is -4.32. The molecule has 1 unspecified atom stereocenters. The van der Waals surface area contributed by atoms with E-state index < -0.39 is 34.3 Å². The largest absolute Gasteiger partial charge is 0.430 e. The van der Waals surface area contributed by atoms with Crippen molar-refractivity contribution in [3.05, 3.63) is 76.4 Å². The molecule has 5 rings (SSSR count). The number of hydrogen-bond donors (Lipinski definition) is 1. The van der Waals surface area contributed by atoms with Gasteiger partial charge in [-0.2, -0.15) is 13.2 Å². The number of hydrogen-bond acceptors (Lipinski definition) is 3. The van der Waals surface area contributed by atoms with Crippen LogP contribution in [0.4, 0.5) is 13.2 Å². The topological polar surface area (TPSA) is 52.9 Å². The van der Waals surface area contributed by atoms with Gasteiger partial charge in [-0.3, -0.25) is 9.79 Å². The van der Waals surface area contributed by atoms with Crippen LogP contribution in [0.25, 0.3) is 5.70 Å². The van der Waals surface area contributed by atoms with Crippen LogP contribution in [0, 0.1) is 0 Å². The van der Waals surface area contributed by atoms with E-state index in [-0.39, 0.29) is 11.4 Å². The molecule has 4 nitrogen and oxygen atoms in total. The zero-order valence-corrected chi connectivity index (χ0v) is 18.9. The zero-order chi connectivity index (χ0) is 24.0. The number of benzene rings is 2. The fourth-order valence-corrected chi connectivity index (χ4v) is 5.45. The molecule has 1 atom stereocenters. The first-order chi connectivity index (χ1) is 15.3. The molecule has 0 saturated heterocycles. The number of halogens is 3.